The summed E-state index contributed by atoms with van der Waals surface area (Å²) in [6, 6.07) is 4.42. The number of nitriles is 1. The third-order valence-electron chi connectivity index (χ3n) is 3.73. The number of rotatable bonds is 4. The fraction of sp³-hybridized carbons (Fsp3) is 0.500. The number of carbonyl (C=O) groups excluding carboxylic acids is 1. The lowest BCUT2D eigenvalue weighted by Gasteiger charge is -2.36. The number of benzene rings is 1. The van der Waals surface area contributed by atoms with Gasteiger partial charge in [0.05, 0.1) is 10.6 Å². The lowest BCUT2D eigenvalue weighted by Crippen LogP contribution is -2.56. The summed E-state index contributed by atoms with van der Waals surface area (Å²) < 4.78 is 51.6. The lowest BCUT2D eigenvalue weighted by atomic mass is 10.0. The zero-order chi connectivity index (χ0) is 19.9. The molecule has 5 nitrogen and oxygen atoms in total. The van der Waals surface area contributed by atoms with Crippen molar-refractivity contribution < 1.29 is 27.1 Å². The first-order valence-electron chi connectivity index (χ1n) is 7.79. The Labute approximate surface area is 155 Å². The van der Waals surface area contributed by atoms with Crippen LogP contribution < -0.4 is 4.90 Å². The van der Waals surface area contributed by atoms with Gasteiger partial charge in [-0.05, 0) is 44.8 Å². The molecule has 1 aliphatic heterocycles. The maximum absolute atomic E-state index is 13.7. The van der Waals surface area contributed by atoms with Gasteiger partial charge in [-0.2, -0.15) is 18.4 Å². The third kappa shape index (κ3) is 4.31. The predicted octanol–water partition coefficient (Wildman–Crippen LogP) is 4.71. The van der Waals surface area contributed by atoms with Crippen LogP contribution in [0.3, 0.4) is 0 Å². The van der Waals surface area contributed by atoms with Crippen LogP contribution in [0.25, 0.3) is 0 Å². The first kappa shape index (κ1) is 20.5. The third-order valence-corrected chi connectivity index (χ3v) is 5.00. The van der Waals surface area contributed by atoms with Crippen molar-refractivity contribution in [1.29, 1.82) is 5.26 Å². The average molecular weight is 407 g/mol. The van der Waals surface area contributed by atoms with Crippen molar-refractivity contribution in [2.75, 3.05) is 4.90 Å². The molecule has 26 heavy (non-hydrogen) atoms. The molecule has 1 unspecified atom stereocenters. The molecular weight excluding hydrogens is 389 g/mol. The Bertz CT molecular complexity index is 746. The molecule has 1 aliphatic rings. The van der Waals surface area contributed by atoms with Gasteiger partial charge in [0.25, 0.3) is 0 Å². The Kier molecular flexibility index (Phi) is 5.61. The molecule has 1 aromatic rings. The Balaban J connectivity index is 2.51. The van der Waals surface area contributed by atoms with Crippen LogP contribution in [-0.2, 0) is 9.16 Å². The van der Waals surface area contributed by atoms with Gasteiger partial charge in [0.15, 0.2) is 14.4 Å². The second-order valence-corrected chi connectivity index (χ2v) is 11.8. The van der Waals surface area contributed by atoms with Crippen LogP contribution in [-0.4, -0.2) is 38.8 Å². The van der Waals surface area contributed by atoms with Crippen molar-refractivity contribution >= 4 is 31.7 Å². The van der Waals surface area contributed by atoms with Gasteiger partial charge in [0.2, 0.25) is 0 Å². The maximum atomic E-state index is 13.7. The molecule has 0 aliphatic carbocycles. The summed E-state index contributed by atoms with van der Waals surface area (Å²) >= 11 is 5.97. The largest absolute Gasteiger partial charge is 0.444 e. The predicted molar refractivity (Wildman–Crippen MR) is 92.7 cm³/mol. The van der Waals surface area contributed by atoms with Crippen LogP contribution in [0.15, 0.2) is 18.2 Å². The number of nitrogens with zero attached hydrogens (tertiary/aromatic N) is 2. The van der Waals surface area contributed by atoms with Gasteiger partial charge in [-0.25, -0.2) is 4.79 Å². The highest BCUT2D eigenvalue weighted by atomic mass is 35.5. The normalized spacial score (nSPS) is 22.1. The van der Waals surface area contributed by atoms with E-state index in [0.29, 0.717) is 0 Å². The number of halogens is 4. The standard InChI is InChI=1S/C16H18ClF3N2O3Si/c1-9-13(14(16(18,19)20)25-26(2,3)4)22(15(23)24-9)11-6-5-10(8-21)12(17)7-11/h5-7,9,13-14H,1-4H3/t9-,13+,14?/m0/s1. The van der Waals surface area contributed by atoms with E-state index in [4.69, 9.17) is 26.0 Å². The minimum Gasteiger partial charge on any atom is -0.444 e. The molecule has 0 spiro atoms. The summed E-state index contributed by atoms with van der Waals surface area (Å²) in [5.74, 6) is 0. The van der Waals surface area contributed by atoms with Gasteiger partial charge in [0.1, 0.15) is 18.2 Å². The van der Waals surface area contributed by atoms with Gasteiger partial charge in [-0.1, -0.05) is 11.6 Å². The molecule has 0 saturated carbocycles. The van der Waals surface area contributed by atoms with Crippen molar-refractivity contribution in [3.63, 3.8) is 0 Å². The minimum absolute atomic E-state index is 0.0331. The maximum Gasteiger partial charge on any atom is 0.415 e. The number of carbonyl (C=O) groups is 1. The van der Waals surface area contributed by atoms with E-state index in [2.05, 4.69) is 0 Å². The summed E-state index contributed by atoms with van der Waals surface area (Å²) in [7, 11) is -2.59. The molecule has 0 radical (unpaired) electrons. The van der Waals surface area contributed by atoms with E-state index in [0.717, 1.165) is 4.90 Å². The number of hydrogen-bond donors (Lipinski definition) is 0. The zero-order valence-electron chi connectivity index (χ0n) is 14.6. The number of hydrogen-bond acceptors (Lipinski definition) is 4. The Morgan fingerprint density at radius 1 is 1.38 bits per heavy atom. The van der Waals surface area contributed by atoms with Gasteiger partial charge in [-0.3, -0.25) is 4.90 Å². The molecule has 0 aromatic heterocycles. The number of amides is 1. The topological polar surface area (TPSA) is 62.6 Å². The first-order chi connectivity index (χ1) is 11.8. The minimum atomic E-state index is -4.69. The van der Waals surface area contributed by atoms with Crippen molar-refractivity contribution in [2.24, 2.45) is 0 Å². The monoisotopic (exact) mass is 406 g/mol. The molecular formula is C16H18ClF3N2O3Si. The average Bonchev–Trinajstić information content (AvgIpc) is 2.77. The quantitative estimate of drug-likeness (QED) is 0.679. The molecule has 1 amide bonds. The molecule has 1 heterocycles. The summed E-state index contributed by atoms with van der Waals surface area (Å²) in [6.45, 7) is 6.30. The molecule has 1 aromatic carbocycles. The van der Waals surface area contributed by atoms with E-state index in [1.165, 1.54) is 25.1 Å². The van der Waals surface area contributed by atoms with Crippen LogP contribution >= 0.6 is 11.6 Å². The van der Waals surface area contributed by atoms with Crippen molar-refractivity contribution in [3.8, 4) is 6.07 Å². The van der Waals surface area contributed by atoms with E-state index in [1.807, 2.05) is 6.07 Å². The van der Waals surface area contributed by atoms with E-state index >= 15 is 0 Å². The number of alkyl halides is 3. The van der Waals surface area contributed by atoms with Gasteiger partial charge >= 0.3 is 12.3 Å². The number of cyclic esters (lactones) is 1. The summed E-state index contributed by atoms with van der Waals surface area (Å²) in [5.41, 5.74) is 0.264. The summed E-state index contributed by atoms with van der Waals surface area (Å²) in [5, 5.41) is 8.97. The fourth-order valence-corrected chi connectivity index (χ4v) is 3.98. The molecule has 1 fully saturated rings. The Morgan fingerprint density at radius 3 is 2.46 bits per heavy atom. The molecule has 1 saturated heterocycles. The summed E-state index contributed by atoms with van der Waals surface area (Å²) in [6.07, 6.45) is -8.86. The Morgan fingerprint density at radius 2 is 2.00 bits per heavy atom. The zero-order valence-corrected chi connectivity index (χ0v) is 16.4. The smallest absolute Gasteiger partial charge is 0.415 e. The van der Waals surface area contributed by atoms with E-state index < -0.39 is 38.8 Å². The van der Waals surface area contributed by atoms with Crippen LogP contribution in [0.2, 0.25) is 24.7 Å². The van der Waals surface area contributed by atoms with Crippen molar-refractivity contribution in [2.45, 2.75) is 51.0 Å². The number of anilines is 1. The fourth-order valence-electron chi connectivity index (χ4n) is 2.73. The number of ether oxygens (including phenoxy) is 1. The lowest BCUT2D eigenvalue weighted by molar-refractivity contribution is -0.206. The van der Waals surface area contributed by atoms with Crippen LogP contribution in [0.1, 0.15) is 12.5 Å². The molecule has 0 bridgehead atoms. The molecule has 10 heteroatoms. The Hall–Kier alpha value is -1.76. The highest BCUT2D eigenvalue weighted by molar-refractivity contribution is 6.69. The van der Waals surface area contributed by atoms with Crippen molar-refractivity contribution in [1.82, 2.24) is 0 Å². The van der Waals surface area contributed by atoms with Gasteiger partial charge < -0.3 is 9.16 Å². The molecule has 3 atom stereocenters. The van der Waals surface area contributed by atoms with E-state index in [9.17, 15) is 18.0 Å². The van der Waals surface area contributed by atoms with Gasteiger partial charge in [0, 0.05) is 5.69 Å². The van der Waals surface area contributed by atoms with Crippen LogP contribution in [0, 0.1) is 11.3 Å². The highest BCUT2D eigenvalue weighted by Crippen LogP contribution is 2.38. The molecule has 142 valence electrons. The second kappa shape index (κ2) is 7.10. The van der Waals surface area contributed by atoms with Crippen LogP contribution in [0.5, 0.6) is 0 Å². The van der Waals surface area contributed by atoms with Crippen LogP contribution in [0.4, 0.5) is 23.7 Å². The van der Waals surface area contributed by atoms with Crippen molar-refractivity contribution in [3.05, 3.63) is 28.8 Å². The SMILES string of the molecule is C[C@@H]1OC(=O)N(c2ccc(C#N)c(Cl)c2)[C@H]1C(O[Si](C)(C)C)C(F)(F)F. The highest BCUT2D eigenvalue weighted by Gasteiger charge is 2.56. The van der Waals surface area contributed by atoms with Gasteiger partial charge in [-0.15, -0.1) is 0 Å². The summed E-state index contributed by atoms with van der Waals surface area (Å²) in [4.78, 5) is 13.1. The molecule has 2 rings (SSSR count). The van der Waals surface area contributed by atoms with E-state index in [-0.39, 0.29) is 16.3 Å². The first-order valence-corrected chi connectivity index (χ1v) is 11.6. The second-order valence-electron chi connectivity index (χ2n) is 6.92. The molecule has 0 N–H and O–H groups in total. The van der Waals surface area contributed by atoms with E-state index in [1.54, 1.807) is 19.6 Å².